The molecule has 0 aromatic carbocycles. The molecule has 2 aliphatic rings. The fourth-order valence-electron chi connectivity index (χ4n) is 2.63. The second kappa shape index (κ2) is 5.92. The Morgan fingerprint density at radius 1 is 1.48 bits per heavy atom. The van der Waals surface area contributed by atoms with Crippen molar-refractivity contribution in [2.45, 2.75) is 57.9 Å². The summed E-state index contributed by atoms with van der Waals surface area (Å²) in [5, 5.41) is 4.05. The lowest BCUT2D eigenvalue weighted by molar-refractivity contribution is -0.124. The van der Waals surface area contributed by atoms with Gasteiger partial charge in [-0.3, -0.25) is 4.79 Å². The van der Waals surface area contributed by atoms with Gasteiger partial charge in [0.25, 0.3) is 0 Å². The van der Waals surface area contributed by atoms with Gasteiger partial charge in [-0.05, 0) is 30.6 Å². The van der Waals surface area contributed by atoms with Crippen molar-refractivity contribution in [3.05, 3.63) is 11.6 Å². The largest absolute Gasteiger partial charge is 0.344 e. The van der Waals surface area contributed by atoms with Crippen LogP contribution in [0.4, 0.5) is 4.79 Å². The van der Waals surface area contributed by atoms with Gasteiger partial charge >= 0.3 is 6.03 Å². The summed E-state index contributed by atoms with van der Waals surface area (Å²) in [6.45, 7) is 13.0. The van der Waals surface area contributed by atoms with E-state index in [1.165, 1.54) is 5.06 Å². The van der Waals surface area contributed by atoms with E-state index in [9.17, 15) is 9.59 Å². The average Bonchev–Trinajstić information content (AvgIpc) is 2.63. The fraction of sp³-hybridized carbons (Fsp3) is 0.733. The van der Waals surface area contributed by atoms with Gasteiger partial charge in [-0.2, -0.15) is 0 Å². The molecule has 0 aromatic heterocycles. The molecule has 130 valence electrons. The number of hydrogen-bond acceptors (Lipinski definition) is 4. The number of nitrogens with two attached hydrogens (primary N) is 1. The van der Waals surface area contributed by atoms with Crippen molar-refractivity contribution >= 4 is 20.3 Å². The summed E-state index contributed by atoms with van der Waals surface area (Å²) in [6, 6.07) is -0.987. The molecule has 2 heterocycles. The predicted octanol–water partition coefficient (Wildman–Crippen LogP) is 1.39. The van der Waals surface area contributed by atoms with E-state index in [2.05, 4.69) is 39.2 Å². The maximum atomic E-state index is 12.8. The number of hydroxylamine groups is 2. The van der Waals surface area contributed by atoms with Gasteiger partial charge in [0.1, 0.15) is 6.04 Å². The molecule has 7 nitrogen and oxygen atoms in total. The van der Waals surface area contributed by atoms with Crippen LogP contribution in [0.15, 0.2) is 11.6 Å². The molecule has 2 rings (SSSR count). The highest BCUT2D eigenvalue weighted by atomic mass is 28.4. The Kier molecular flexibility index (Phi) is 4.62. The first-order valence-corrected chi connectivity index (χ1v) is 10.9. The standard InChI is InChI=1S/C15H28N4O3Si/c1-10-7-11-8-18(12(10)13(20)17-9-16)14(21)19(11)22-23(5,6)15(2,3)4/h7,11-12H,8-9,16H2,1-6H3,(H,17,20). The highest BCUT2D eigenvalue weighted by Gasteiger charge is 2.50. The highest BCUT2D eigenvalue weighted by Crippen LogP contribution is 2.39. The number of amides is 3. The molecule has 0 aromatic rings. The summed E-state index contributed by atoms with van der Waals surface area (Å²) in [4.78, 5) is 26.5. The maximum Gasteiger partial charge on any atom is 0.344 e. The third-order valence-corrected chi connectivity index (χ3v) is 9.24. The monoisotopic (exact) mass is 340 g/mol. The van der Waals surface area contributed by atoms with Crippen LogP contribution < -0.4 is 11.1 Å². The smallest absolute Gasteiger partial charge is 0.342 e. The van der Waals surface area contributed by atoms with Gasteiger partial charge in [0.2, 0.25) is 14.2 Å². The van der Waals surface area contributed by atoms with Crippen LogP contribution in [0.25, 0.3) is 0 Å². The summed E-state index contributed by atoms with van der Waals surface area (Å²) < 4.78 is 6.21. The van der Waals surface area contributed by atoms with Crippen LogP contribution in [-0.2, 0) is 9.32 Å². The van der Waals surface area contributed by atoms with E-state index >= 15 is 0 Å². The lowest BCUT2D eigenvalue weighted by Gasteiger charge is -2.39. The van der Waals surface area contributed by atoms with Gasteiger partial charge in [0, 0.05) is 0 Å². The molecule has 0 radical (unpaired) electrons. The minimum Gasteiger partial charge on any atom is -0.342 e. The third kappa shape index (κ3) is 3.15. The summed E-state index contributed by atoms with van der Waals surface area (Å²) in [5.74, 6) is -0.248. The summed E-state index contributed by atoms with van der Waals surface area (Å²) >= 11 is 0. The number of rotatable bonds is 4. The molecule has 2 unspecified atom stereocenters. The topological polar surface area (TPSA) is 87.9 Å². The lowest BCUT2D eigenvalue weighted by atomic mass is 10.0. The molecular formula is C15H28N4O3Si. The number of hydrogen-bond donors (Lipinski definition) is 2. The molecule has 1 saturated heterocycles. The second-order valence-corrected chi connectivity index (χ2v) is 12.4. The summed E-state index contributed by atoms with van der Waals surface area (Å²) in [7, 11) is -2.13. The second-order valence-electron chi connectivity index (χ2n) is 7.74. The Labute approximate surface area is 138 Å². The maximum absolute atomic E-state index is 12.8. The van der Waals surface area contributed by atoms with Crippen molar-refractivity contribution in [2.24, 2.45) is 5.73 Å². The molecule has 0 spiro atoms. The first-order valence-electron chi connectivity index (χ1n) is 7.94. The van der Waals surface area contributed by atoms with Crippen LogP contribution in [0.5, 0.6) is 0 Å². The van der Waals surface area contributed by atoms with Crippen molar-refractivity contribution in [3.63, 3.8) is 0 Å². The van der Waals surface area contributed by atoms with Crippen LogP contribution in [0.1, 0.15) is 27.7 Å². The predicted molar refractivity (Wildman–Crippen MR) is 90.8 cm³/mol. The zero-order valence-electron chi connectivity index (χ0n) is 14.8. The summed E-state index contributed by atoms with van der Waals surface area (Å²) in [5.41, 5.74) is 6.24. The quantitative estimate of drug-likeness (QED) is 0.460. The van der Waals surface area contributed by atoms with Gasteiger partial charge < -0.3 is 20.5 Å². The van der Waals surface area contributed by atoms with Crippen LogP contribution in [-0.4, -0.2) is 55.5 Å². The van der Waals surface area contributed by atoms with E-state index in [-0.39, 0.29) is 29.7 Å². The van der Waals surface area contributed by atoms with Crippen molar-refractivity contribution in [1.29, 1.82) is 0 Å². The first-order chi connectivity index (χ1) is 10.5. The molecule has 2 atom stereocenters. The summed E-state index contributed by atoms with van der Waals surface area (Å²) in [6.07, 6.45) is 1.95. The van der Waals surface area contributed by atoms with Crippen molar-refractivity contribution in [2.75, 3.05) is 13.2 Å². The normalized spacial score (nSPS) is 24.8. The average molecular weight is 341 g/mol. The number of fused-ring (bicyclic) bond motifs is 2. The van der Waals surface area contributed by atoms with Crippen LogP contribution in [0.2, 0.25) is 18.1 Å². The van der Waals surface area contributed by atoms with E-state index in [4.69, 9.17) is 10.3 Å². The van der Waals surface area contributed by atoms with Crippen molar-refractivity contribution in [3.8, 4) is 0 Å². The van der Waals surface area contributed by atoms with Crippen molar-refractivity contribution < 1.29 is 14.1 Å². The van der Waals surface area contributed by atoms with Gasteiger partial charge in [-0.15, -0.1) is 0 Å². The van der Waals surface area contributed by atoms with E-state index in [1.807, 2.05) is 13.0 Å². The Bertz CT molecular complexity index is 541. The Morgan fingerprint density at radius 2 is 2.09 bits per heavy atom. The molecular weight excluding hydrogens is 312 g/mol. The first kappa shape index (κ1) is 18.0. The van der Waals surface area contributed by atoms with Gasteiger partial charge in [0.05, 0.1) is 19.3 Å². The molecule has 2 bridgehead atoms. The molecule has 0 aliphatic carbocycles. The van der Waals surface area contributed by atoms with E-state index in [0.717, 1.165) is 5.57 Å². The third-order valence-electron chi connectivity index (χ3n) is 4.97. The number of carbonyl (C=O) groups is 2. The Morgan fingerprint density at radius 3 is 2.61 bits per heavy atom. The highest BCUT2D eigenvalue weighted by molar-refractivity contribution is 6.74. The Hall–Kier alpha value is -1.38. The van der Waals surface area contributed by atoms with Crippen molar-refractivity contribution in [1.82, 2.24) is 15.3 Å². The van der Waals surface area contributed by atoms with E-state index < -0.39 is 14.4 Å². The number of nitrogens with one attached hydrogen (secondary N) is 1. The lowest BCUT2D eigenvalue weighted by Crippen LogP contribution is -2.51. The number of carbonyl (C=O) groups excluding carboxylic acids is 2. The minimum atomic E-state index is -2.13. The molecule has 1 fully saturated rings. The zero-order valence-corrected chi connectivity index (χ0v) is 15.8. The number of nitrogens with zero attached hydrogens (tertiary/aromatic N) is 2. The van der Waals surface area contributed by atoms with Crippen LogP contribution in [0, 0.1) is 0 Å². The van der Waals surface area contributed by atoms with E-state index in [1.54, 1.807) is 4.90 Å². The minimum absolute atomic E-state index is 0.00557. The Balaban J connectivity index is 2.24. The van der Waals surface area contributed by atoms with Gasteiger partial charge in [0.15, 0.2) is 0 Å². The zero-order chi connectivity index (χ0) is 17.6. The van der Waals surface area contributed by atoms with Gasteiger partial charge in [-0.25, -0.2) is 9.86 Å². The molecule has 0 saturated carbocycles. The molecule has 2 aliphatic heterocycles. The fourth-order valence-corrected chi connectivity index (χ4v) is 3.61. The van der Waals surface area contributed by atoms with Crippen LogP contribution >= 0.6 is 0 Å². The van der Waals surface area contributed by atoms with Gasteiger partial charge in [-0.1, -0.05) is 26.8 Å². The number of urea groups is 1. The van der Waals surface area contributed by atoms with Crippen LogP contribution in [0.3, 0.4) is 0 Å². The molecule has 8 heteroatoms. The molecule has 3 amide bonds. The molecule has 23 heavy (non-hydrogen) atoms. The molecule has 3 N–H and O–H groups in total. The SMILES string of the molecule is CC1=CC2CN(C(=O)N2O[Si](C)(C)C(C)(C)C)C1C(=O)NCN. The van der Waals surface area contributed by atoms with E-state index in [0.29, 0.717) is 6.54 Å².